The third kappa shape index (κ3) is 4.99. The molecule has 6 heteroatoms. The van der Waals surface area contributed by atoms with E-state index in [9.17, 15) is 4.79 Å². The average molecular weight is 351 g/mol. The standard InChI is InChI=1S/C19H17N3O2S/c23-18(24)11-10-14-6-8-15(9-7-14)12-20-22-19-21-17(13-25-19)16-4-2-1-3-5-16/h1-9,12-13H,10-11H2,(H,21,22)(H,23,24). The minimum atomic E-state index is -0.784. The zero-order chi connectivity index (χ0) is 17.5. The maximum absolute atomic E-state index is 10.6. The van der Waals surface area contributed by atoms with Gasteiger partial charge in [0.1, 0.15) is 0 Å². The van der Waals surface area contributed by atoms with E-state index in [0.29, 0.717) is 6.42 Å². The van der Waals surface area contributed by atoms with Gasteiger partial charge in [-0.1, -0.05) is 54.6 Å². The monoisotopic (exact) mass is 351 g/mol. The summed E-state index contributed by atoms with van der Waals surface area (Å²) in [5, 5.41) is 15.6. The fourth-order valence-corrected chi connectivity index (χ4v) is 2.92. The summed E-state index contributed by atoms with van der Waals surface area (Å²) in [6.45, 7) is 0. The van der Waals surface area contributed by atoms with E-state index in [1.807, 2.05) is 60.0 Å². The Balaban J connectivity index is 1.56. The highest BCUT2D eigenvalue weighted by molar-refractivity contribution is 7.14. The van der Waals surface area contributed by atoms with Crippen LogP contribution in [0.1, 0.15) is 17.5 Å². The number of benzene rings is 2. The van der Waals surface area contributed by atoms with Crippen molar-refractivity contribution in [1.82, 2.24) is 4.98 Å². The van der Waals surface area contributed by atoms with Crippen molar-refractivity contribution in [2.24, 2.45) is 5.10 Å². The van der Waals surface area contributed by atoms with Gasteiger partial charge < -0.3 is 5.11 Å². The summed E-state index contributed by atoms with van der Waals surface area (Å²) in [5.41, 5.74) is 6.87. The molecule has 2 aromatic carbocycles. The first-order valence-corrected chi connectivity index (χ1v) is 8.69. The van der Waals surface area contributed by atoms with Gasteiger partial charge in [0.05, 0.1) is 11.9 Å². The number of nitrogens with zero attached hydrogens (tertiary/aromatic N) is 2. The van der Waals surface area contributed by atoms with E-state index in [0.717, 1.165) is 27.5 Å². The van der Waals surface area contributed by atoms with Crippen LogP contribution in [0.4, 0.5) is 5.13 Å². The Morgan fingerprint density at radius 2 is 1.92 bits per heavy atom. The Morgan fingerprint density at radius 3 is 2.64 bits per heavy atom. The number of thiazole rings is 1. The van der Waals surface area contributed by atoms with Gasteiger partial charge in [-0.05, 0) is 17.5 Å². The molecule has 0 aliphatic rings. The molecule has 3 rings (SSSR count). The van der Waals surface area contributed by atoms with Crippen LogP contribution in [0.15, 0.2) is 65.1 Å². The van der Waals surface area contributed by atoms with Gasteiger partial charge in [0, 0.05) is 17.4 Å². The van der Waals surface area contributed by atoms with Gasteiger partial charge in [-0.15, -0.1) is 11.3 Å². The minimum Gasteiger partial charge on any atom is -0.481 e. The number of rotatable bonds is 7. The molecular weight excluding hydrogens is 334 g/mol. The topological polar surface area (TPSA) is 74.6 Å². The van der Waals surface area contributed by atoms with Crippen molar-refractivity contribution < 1.29 is 9.90 Å². The molecule has 2 N–H and O–H groups in total. The molecule has 0 fully saturated rings. The van der Waals surface area contributed by atoms with Gasteiger partial charge in [0.2, 0.25) is 5.13 Å². The lowest BCUT2D eigenvalue weighted by molar-refractivity contribution is -0.136. The molecule has 0 aliphatic heterocycles. The van der Waals surface area contributed by atoms with Crippen LogP contribution < -0.4 is 5.43 Å². The van der Waals surface area contributed by atoms with E-state index in [1.165, 1.54) is 11.3 Å². The Morgan fingerprint density at radius 1 is 1.16 bits per heavy atom. The average Bonchev–Trinajstić information content (AvgIpc) is 3.11. The summed E-state index contributed by atoms with van der Waals surface area (Å²) in [7, 11) is 0. The Bertz CT molecular complexity index is 858. The van der Waals surface area contributed by atoms with Crippen molar-refractivity contribution in [1.29, 1.82) is 0 Å². The number of aliphatic carboxylic acids is 1. The molecule has 0 saturated heterocycles. The maximum atomic E-state index is 10.6. The van der Waals surface area contributed by atoms with E-state index in [1.54, 1.807) is 6.21 Å². The van der Waals surface area contributed by atoms with Crippen LogP contribution in [0.3, 0.4) is 0 Å². The second kappa shape index (κ2) is 8.21. The van der Waals surface area contributed by atoms with Gasteiger partial charge in [-0.2, -0.15) is 5.10 Å². The number of anilines is 1. The number of hydrogen-bond donors (Lipinski definition) is 2. The lowest BCUT2D eigenvalue weighted by Gasteiger charge is -1.99. The summed E-state index contributed by atoms with van der Waals surface area (Å²) in [6, 6.07) is 17.7. The van der Waals surface area contributed by atoms with Crippen LogP contribution in [0.25, 0.3) is 11.3 Å². The zero-order valence-electron chi connectivity index (χ0n) is 13.4. The SMILES string of the molecule is O=C(O)CCc1ccc(C=NNc2nc(-c3ccccc3)cs2)cc1. The highest BCUT2D eigenvalue weighted by atomic mass is 32.1. The highest BCUT2D eigenvalue weighted by Gasteiger charge is 2.03. The van der Waals surface area contributed by atoms with E-state index in [-0.39, 0.29) is 6.42 Å². The molecule has 1 aromatic heterocycles. The van der Waals surface area contributed by atoms with Crippen LogP contribution >= 0.6 is 11.3 Å². The third-order valence-corrected chi connectivity index (χ3v) is 4.30. The summed E-state index contributed by atoms with van der Waals surface area (Å²) < 4.78 is 0. The van der Waals surface area contributed by atoms with E-state index in [4.69, 9.17) is 5.11 Å². The molecule has 0 saturated carbocycles. The molecular formula is C19H17N3O2S. The molecule has 1 heterocycles. The summed E-state index contributed by atoms with van der Waals surface area (Å²) in [4.78, 5) is 15.1. The smallest absolute Gasteiger partial charge is 0.303 e. The largest absolute Gasteiger partial charge is 0.481 e. The minimum absolute atomic E-state index is 0.142. The van der Waals surface area contributed by atoms with Crippen LogP contribution in [0.2, 0.25) is 0 Å². The summed E-state index contributed by atoms with van der Waals surface area (Å²) in [5.74, 6) is -0.784. The van der Waals surface area contributed by atoms with Crippen LogP contribution in [0.5, 0.6) is 0 Å². The maximum Gasteiger partial charge on any atom is 0.303 e. The second-order valence-corrected chi connectivity index (χ2v) is 6.27. The third-order valence-electron chi connectivity index (χ3n) is 3.55. The molecule has 0 radical (unpaired) electrons. The van der Waals surface area contributed by atoms with Gasteiger partial charge in [-0.25, -0.2) is 4.98 Å². The molecule has 0 atom stereocenters. The number of aryl methyl sites for hydroxylation is 1. The van der Waals surface area contributed by atoms with Gasteiger partial charge in [-0.3, -0.25) is 10.2 Å². The molecule has 5 nitrogen and oxygen atoms in total. The van der Waals surface area contributed by atoms with Crippen LogP contribution in [-0.2, 0) is 11.2 Å². The Hall–Kier alpha value is -2.99. The first-order valence-electron chi connectivity index (χ1n) is 7.81. The van der Waals surface area contributed by atoms with Gasteiger partial charge in [0.15, 0.2) is 0 Å². The van der Waals surface area contributed by atoms with Crippen molar-refractivity contribution in [2.45, 2.75) is 12.8 Å². The molecule has 0 amide bonds. The molecule has 0 spiro atoms. The number of carbonyl (C=O) groups is 1. The van der Waals surface area contributed by atoms with E-state index < -0.39 is 5.97 Å². The Labute approximate surface area is 149 Å². The molecule has 0 bridgehead atoms. The first-order chi connectivity index (χ1) is 12.2. The number of carboxylic acid groups (broad SMARTS) is 1. The normalized spacial score (nSPS) is 10.9. The molecule has 25 heavy (non-hydrogen) atoms. The van der Waals surface area contributed by atoms with Crippen molar-refractivity contribution in [3.8, 4) is 11.3 Å². The fraction of sp³-hybridized carbons (Fsp3) is 0.105. The molecule has 0 aliphatic carbocycles. The quantitative estimate of drug-likeness (QED) is 0.492. The number of carboxylic acids is 1. The Kier molecular flexibility index (Phi) is 5.53. The highest BCUT2D eigenvalue weighted by Crippen LogP contribution is 2.24. The van der Waals surface area contributed by atoms with Gasteiger partial charge >= 0.3 is 5.97 Å². The summed E-state index contributed by atoms with van der Waals surface area (Å²) >= 11 is 1.50. The van der Waals surface area contributed by atoms with E-state index in [2.05, 4.69) is 15.5 Å². The van der Waals surface area contributed by atoms with E-state index >= 15 is 0 Å². The first kappa shape index (κ1) is 16.9. The zero-order valence-corrected chi connectivity index (χ0v) is 14.2. The lowest BCUT2D eigenvalue weighted by Crippen LogP contribution is -1.97. The number of aromatic nitrogens is 1. The van der Waals surface area contributed by atoms with Gasteiger partial charge in [0.25, 0.3) is 0 Å². The van der Waals surface area contributed by atoms with Crippen molar-refractivity contribution in [3.05, 3.63) is 71.1 Å². The lowest BCUT2D eigenvalue weighted by atomic mass is 10.1. The second-order valence-electron chi connectivity index (χ2n) is 5.41. The number of hydrazone groups is 1. The molecule has 3 aromatic rings. The molecule has 126 valence electrons. The van der Waals surface area contributed by atoms with Crippen LogP contribution in [0, 0.1) is 0 Å². The van der Waals surface area contributed by atoms with Crippen molar-refractivity contribution in [2.75, 3.05) is 5.43 Å². The predicted molar refractivity (Wildman–Crippen MR) is 101 cm³/mol. The fourth-order valence-electron chi connectivity index (χ4n) is 2.25. The molecule has 0 unspecified atom stereocenters. The van der Waals surface area contributed by atoms with Crippen molar-refractivity contribution in [3.63, 3.8) is 0 Å². The number of hydrogen-bond acceptors (Lipinski definition) is 5. The predicted octanol–water partition coefficient (Wildman–Crippen LogP) is 4.27. The summed E-state index contributed by atoms with van der Waals surface area (Å²) in [6.07, 6.45) is 2.39. The van der Waals surface area contributed by atoms with Crippen LogP contribution in [-0.4, -0.2) is 22.3 Å². The number of nitrogens with one attached hydrogen (secondary N) is 1. The van der Waals surface area contributed by atoms with Crippen molar-refractivity contribution >= 4 is 28.7 Å².